The molecule has 8 heteroatoms. The van der Waals surface area contributed by atoms with Crippen LogP contribution in [-0.2, 0) is 9.59 Å². The molecular formula is C13H20N2O5S. The van der Waals surface area contributed by atoms with Crippen LogP contribution in [0.4, 0.5) is 0 Å². The summed E-state index contributed by atoms with van der Waals surface area (Å²) in [6.07, 6.45) is 0.518. The summed E-state index contributed by atoms with van der Waals surface area (Å²) in [6.45, 7) is 3.79. The molecule has 21 heavy (non-hydrogen) atoms. The first-order valence-electron chi connectivity index (χ1n) is 6.58. The van der Waals surface area contributed by atoms with E-state index in [4.69, 9.17) is 4.84 Å². The van der Waals surface area contributed by atoms with E-state index in [1.165, 1.54) is 23.9 Å². The largest absolute Gasteiger partial charge is 0.492 e. The maximum absolute atomic E-state index is 11.5. The predicted molar refractivity (Wildman–Crippen MR) is 79.2 cm³/mol. The van der Waals surface area contributed by atoms with E-state index in [1.54, 1.807) is 0 Å². The van der Waals surface area contributed by atoms with Crippen LogP contribution in [0.5, 0.6) is 11.8 Å². The topological polar surface area (TPSA) is 101 Å². The minimum atomic E-state index is -0.573. The standard InChI is InChI=1S/C13H20N2O5S/c1-9(2)14-10(16)5-7-21-8-6-13(19)20-15-11(17)3-4-12(15)18/h3-4,9,17-18H,5-8H2,1-2H3,(H,14,16). The molecule has 1 rings (SSSR count). The van der Waals surface area contributed by atoms with Crippen molar-refractivity contribution in [3.05, 3.63) is 12.1 Å². The quantitative estimate of drug-likeness (QED) is 0.616. The van der Waals surface area contributed by atoms with Crippen LogP contribution in [0.25, 0.3) is 0 Å². The highest BCUT2D eigenvalue weighted by atomic mass is 32.2. The summed E-state index contributed by atoms with van der Waals surface area (Å²) in [7, 11) is 0. The molecule has 0 aromatic carbocycles. The first kappa shape index (κ1) is 17.2. The van der Waals surface area contributed by atoms with Gasteiger partial charge >= 0.3 is 5.97 Å². The summed E-state index contributed by atoms with van der Waals surface area (Å²) in [6, 6.07) is 2.55. The van der Waals surface area contributed by atoms with Gasteiger partial charge in [0.15, 0.2) is 0 Å². The molecule has 0 saturated carbocycles. The number of hydrogen-bond donors (Lipinski definition) is 3. The Kier molecular flexibility index (Phi) is 6.93. The minimum Gasteiger partial charge on any atom is -0.492 e. The van der Waals surface area contributed by atoms with Gasteiger partial charge in [-0.15, -0.1) is 4.73 Å². The molecule has 118 valence electrons. The highest BCUT2D eigenvalue weighted by Gasteiger charge is 2.12. The third-order valence-corrected chi connectivity index (χ3v) is 3.35. The number of rotatable bonds is 8. The fraction of sp³-hybridized carbons (Fsp3) is 0.538. The van der Waals surface area contributed by atoms with Crippen molar-refractivity contribution in [2.24, 2.45) is 0 Å². The fourth-order valence-electron chi connectivity index (χ4n) is 1.46. The summed E-state index contributed by atoms with van der Waals surface area (Å²) in [5.41, 5.74) is 0. The summed E-state index contributed by atoms with van der Waals surface area (Å²) in [4.78, 5) is 27.6. The highest BCUT2D eigenvalue weighted by Crippen LogP contribution is 2.18. The Hall–Kier alpha value is -1.83. The van der Waals surface area contributed by atoms with E-state index >= 15 is 0 Å². The summed E-state index contributed by atoms with van der Waals surface area (Å²) >= 11 is 1.46. The van der Waals surface area contributed by atoms with Crippen molar-refractivity contribution in [3.8, 4) is 11.8 Å². The number of aromatic nitrogens is 1. The molecule has 1 aromatic heterocycles. The van der Waals surface area contributed by atoms with Crippen LogP contribution in [0.15, 0.2) is 12.1 Å². The lowest BCUT2D eigenvalue weighted by molar-refractivity contribution is -0.144. The molecule has 0 bridgehead atoms. The number of amides is 1. The molecule has 1 amide bonds. The van der Waals surface area contributed by atoms with Crippen LogP contribution in [0.1, 0.15) is 26.7 Å². The van der Waals surface area contributed by atoms with Gasteiger partial charge in [0.1, 0.15) is 0 Å². The van der Waals surface area contributed by atoms with Crippen molar-refractivity contribution in [1.82, 2.24) is 10.0 Å². The van der Waals surface area contributed by atoms with Crippen molar-refractivity contribution < 1.29 is 24.6 Å². The summed E-state index contributed by atoms with van der Waals surface area (Å²) in [5.74, 6) is -0.168. The molecule has 1 aromatic rings. The molecule has 0 aliphatic rings. The van der Waals surface area contributed by atoms with Crippen molar-refractivity contribution in [2.45, 2.75) is 32.7 Å². The van der Waals surface area contributed by atoms with Crippen molar-refractivity contribution >= 4 is 23.6 Å². The number of aromatic hydroxyl groups is 2. The fourth-order valence-corrected chi connectivity index (χ4v) is 2.30. The van der Waals surface area contributed by atoms with Crippen LogP contribution < -0.4 is 10.2 Å². The Balaban J connectivity index is 2.16. The Bertz CT molecular complexity index is 467. The molecule has 0 radical (unpaired) electrons. The predicted octanol–water partition coefficient (Wildman–Crippen LogP) is 0.892. The number of carbonyl (C=O) groups excluding carboxylic acids is 2. The first-order valence-corrected chi connectivity index (χ1v) is 7.73. The lowest BCUT2D eigenvalue weighted by Gasteiger charge is -2.08. The van der Waals surface area contributed by atoms with E-state index < -0.39 is 5.97 Å². The number of nitrogens with zero attached hydrogens (tertiary/aromatic N) is 1. The second-order valence-corrected chi connectivity index (χ2v) is 5.87. The number of carbonyl (C=O) groups is 2. The van der Waals surface area contributed by atoms with E-state index in [2.05, 4.69) is 5.32 Å². The molecule has 1 heterocycles. The molecule has 0 saturated heterocycles. The van der Waals surface area contributed by atoms with Gasteiger partial charge in [0, 0.05) is 36.1 Å². The van der Waals surface area contributed by atoms with Gasteiger partial charge < -0.3 is 20.4 Å². The molecule has 0 unspecified atom stereocenters. The minimum absolute atomic E-state index is 0.0118. The summed E-state index contributed by atoms with van der Waals surface area (Å²) < 4.78 is 0.656. The molecule has 0 aliphatic carbocycles. The second kappa shape index (κ2) is 8.46. The Morgan fingerprint density at radius 1 is 1.24 bits per heavy atom. The van der Waals surface area contributed by atoms with Crippen molar-refractivity contribution in [1.29, 1.82) is 0 Å². The molecule has 3 N–H and O–H groups in total. The zero-order chi connectivity index (χ0) is 15.8. The second-order valence-electron chi connectivity index (χ2n) is 4.64. The van der Waals surface area contributed by atoms with Crippen molar-refractivity contribution in [3.63, 3.8) is 0 Å². The van der Waals surface area contributed by atoms with Gasteiger partial charge in [-0.1, -0.05) is 0 Å². The molecular weight excluding hydrogens is 296 g/mol. The smallest absolute Gasteiger partial charge is 0.334 e. The van der Waals surface area contributed by atoms with E-state index in [-0.39, 0.29) is 30.1 Å². The molecule has 0 fully saturated rings. The Labute approximate surface area is 127 Å². The average molecular weight is 316 g/mol. The Morgan fingerprint density at radius 3 is 2.38 bits per heavy atom. The third kappa shape index (κ3) is 6.44. The van der Waals surface area contributed by atoms with Gasteiger partial charge in [-0.2, -0.15) is 11.8 Å². The zero-order valence-corrected chi connectivity index (χ0v) is 12.9. The molecule has 7 nitrogen and oxygen atoms in total. The zero-order valence-electron chi connectivity index (χ0n) is 12.0. The van der Waals surface area contributed by atoms with E-state index in [9.17, 15) is 19.8 Å². The van der Waals surface area contributed by atoms with Crippen molar-refractivity contribution in [2.75, 3.05) is 11.5 Å². The van der Waals surface area contributed by atoms with Gasteiger partial charge in [0.2, 0.25) is 17.7 Å². The normalized spacial score (nSPS) is 10.6. The van der Waals surface area contributed by atoms with Crippen LogP contribution in [0, 0.1) is 0 Å². The van der Waals surface area contributed by atoms with Crippen LogP contribution in [0.2, 0.25) is 0 Å². The maximum atomic E-state index is 11.5. The SMILES string of the molecule is CC(C)NC(=O)CCSCCC(=O)On1c(O)ccc1O. The maximum Gasteiger partial charge on any atom is 0.334 e. The van der Waals surface area contributed by atoms with Gasteiger partial charge in [-0.3, -0.25) is 4.79 Å². The van der Waals surface area contributed by atoms with Crippen LogP contribution in [0.3, 0.4) is 0 Å². The molecule has 0 spiro atoms. The Morgan fingerprint density at radius 2 is 1.81 bits per heavy atom. The van der Waals surface area contributed by atoms with Gasteiger partial charge in [-0.05, 0) is 13.8 Å². The summed E-state index contributed by atoms with van der Waals surface area (Å²) in [5, 5.41) is 21.4. The molecule has 0 atom stereocenters. The van der Waals surface area contributed by atoms with Gasteiger partial charge in [0.25, 0.3) is 0 Å². The lowest BCUT2D eigenvalue weighted by Crippen LogP contribution is -2.30. The van der Waals surface area contributed by atoms with E-state index in [0.717, 1.165) is 0 Å². The third-order valence-electron chi connectivity index (χ3n) is 2.36. The van der Waals surface area contributed by atoms with E-state index in [0.29, 0.717) is 22.7 Å². The number of nitrogens with one attached hydrogen (secondary N) is 1. The first-order chi connectivity index (χ1) is 9.90. The average Bonchev–Trinajstić information content (AvgIpc) is 2.69. The highest BCUT2D eigenvalue weighted by molar-refractivity contribution is 7.99. The monoisotopic (exact) mass is 316 g/mol. The lowest BCUT2D eigenvalue weighted by atomic mass is 10.3. The van der Waals surface area contributed by atoms with Gasteiger partial charge in [0.05, 0.1) is 6.42 Å². The van der Waals surface area contributed by atoms with Gasteiger partial charge in [-0.25, -0.2) is 4.79 Å². The van der Waals surface area contributed by atoms with Crippen LogP contribution >= 0.6 is 11.8 Å². The van der Waals surface area contributed by atoms with E-state index in [1.807, 2.05) is 13.8 Å². The number of thioether (sulfide) groups is 1. The van der Waals surface area contributed by atoms with Crippen LogP contribution in [-0.4, -0.2) is 44.4 Å². The molecule has 0 aliphatic heterocycles. The number of hydrogen-bond acceptors (Lipinski definition) is 6.